The van der Waals surface area contributed by atoms with Crippen LogP contribution in [0.15, 0.2) is 18.2 Å². The average Bonchev–Trinajstić information content (AvgIpc) is 2.29. The zero-order valence-corrected chi connectivity index (χ0v) is 10.1. The number of hydrogen-bond donors (Lipinski definition) is 2. The Morgan fingerprint density at radius 2 is 2.12 bits per heavy atom. The highest BCUT2D eigenvalue weighted by molar-refractivity contribution is 5.68. The van der Waals surface area contributed by atoms with Crippen LogP contribution in [0.4, 0.5) is 11.4 Å². The molecule has 0 aliphatic heterocycles. The first-order valence-electron chi connectivity index (χ1n) is 5.36. The van der Waals surface area contributed by atoms with Crippen LogP contribution in [0.5, 0.6) is 5.75 Å². The van der Waals surface area contributed by atoms with Gasteiger partial charge in [0.25, 0.3) is 0 Å². The van der Waals surface area contributed by atoms with Crippen molar-refractivity contribution < 1.29 is 9.47 Å². The van der Waals surface area contributed by atoms with Crippen LogP contribution in [0.1, 0.15) is 13.3 Å². The lowest BCUT2D eigenvalue weighted by Crippen LogP contribution is -2.18. The predicted octanol–water partition coefficient (Wildman–Crippen LogP) is 2.11. The Morgan fingerprint density at radius 3 is 2.69 bits per heavy atom. The largest absolute Gasteiger partial charge is 0.497 e. The molecule has 0 aromatic heterocycles. The molecule has 0 saturated heterocycles. The van der Waals surface area contributed by atoms with Gasteiger partial charge in [-0.3, -0.25) is 0 Å². The Labute approximate surface area is 96.7 Å². The van der Waals surface area contributed by atoms with Crippen molar-refractivity contribution in [3.05, 3.63) is 18.2 Å². The van der Waals surface area contributed by atoms with Gasteiger partial charge in [-0.15, -0.1) is 0 Å². The molecule has 0 heterocycles. The number of nitrogens with two attached hydrogens (primary N) is 1. The predicted molar refractivity (Wildman–Crippen MR) is 67.0 cm³/mol. The van der Waals surface area contributed by atoms with Crippen LogP contribution in [-0.4, -0.2) is 26.9 Å². The van der Waals surface area contributed by atoms with E-state index in [9.17, 15) is 0 Å². The molecule has 0 fully saturated rings. The molecule has 1 atom stereocenters. The number of nitrogen functional groups attached to an aromatic ring is 1. The number of anilines is 2. The Hall–Kier alpha value is -1.42. The van der Waals surface area contributed by atoms with Gasteiger partial charge in [0, 0.05) is 25.8 Å². The fraction of sp³-hybridized carbons (Fsp3) is 0.500. The fourth-order valence-corrected chi connectivity index (χ4v) is 1.43. The monoisotopic (exact) mass is 224 g/mol. The van der Waals surface area contributed by atoms with Crippen LogP contribution < -0.4 is 15.8 Å². The van der Waals surface area contributed by atoms with Crippen LogP contribution in [0.25, 0.3) is 0 Å². The minimum Gasteiger partial charge on any atom is -0.497 e. The summed E-state index contributed by atoms with van der Waals surface area (Å²) in [6.45, 7) is 2.84. The van der Waals surface area contributed by atoms with Crippen LogP contribution in [0, 0.1) is 0 Å². The maximum atomic E-state index is 5.90. The van der Waals surface area contributed by atoms with E-state index < -0.39 is 0 Å². The standard InChI is InChI=1S/C12H20N2O2/c1-9(6-7-15-2)14-12-5-4-10(16-3)8-11(12)13/h4-5,8-9,14H,6-7,13H2,1-3H3. The smallest absolute Gasteiger partial charge is 0.121 e. The van der Waals surface area contributed by atoms with Crippen LogP contribution in [0.2, 0.25) is 0 Å². The lowest BCUT2D eigenvalue weighted by atomic mass is 10.2. The van der Waals surface area contributed by atoms with Crippen LogP contribution in [-0.2, 0) is 4.74 Å². The van der Waals surface area contributed by atoms with Crippen molar-refractivity contribution in [3.63, 3.8) is 0 Å². The van der Waals surface area contributed by atoms with E-state index in [0.717, 1.165) is 24.5 Å². The van der Waals surface area contributed by atoms with Gasteiger partial charge in [0.1, 0.15) is 5.75 Å². The first kappa shape index (κ1) is 12.6. The van der Waals surface area contributed by atoms with Gasteiger partial charge < -0.3 is 20.5 Å². The third-order valence-corrected chi connectivity index (χ3v) is 2.42. The summed E-state index contributed by atoms with van der Waals surface area (Å²) in [6, 6.07) is 5.96. The van der Waals surface area contributed by atoms with Gasteiger partial charge in [0.15, 0.2) is 0 Å². The van der Waals surface area contributed by atoms with Gasteiger partial charge in [0.2, 0.25) is 0 Å². The van der Waals surface area contributed by atoms with Crippen molar-refractivity contribution in [2.45, 2.75) is 19.4 Å². The molecule has 0 aliphatic rings. The van der Waals surface area contributed by atoms with E-state index in [1.807, 2.05) is 18.2 Å². The summed E-state index contributed by atoms with van der Waals surface area (Å²) in [6.07, 6.45) is 0.946. The maximum absolute atomic E-state index is 5.90. The normalized spacial score (nSPS) is 12.2. The molecule has 0 spiro atoms. The quantitative estimate of drug-likeness (QED) is 0.727. The Morgan fingerprint density at radius 1 is 1.38 bits per heavy atom. The summed E-state index contributed by atoms with van der Waals surface area (Å²) in [5, 5.41) is 3.34. The van der Waals surface area contributed by atoms with Crippen molar-refractivity contribution in [2.75, 3.05) is 31.9 Å². The minimum atomic E-state index is 0.329. The van der Waals surface area contributed by atoms with E-state index in [1.54, 1.807) is 14.2 Å². The number of hydrogen-bond acceptors (Lipinski definition) is 4. The number of methoxy groups -OCH3 is 2. The molecular formula is C12H20N2O2. The summed E-state index contributed by atoms with van der Waals surface area (Å²) in [7, 11) is 3.33. The van der Waals surface area contributed by atoms with Gasteiger partial charge in [-0.2, -0.15) is 0 Å². The summed E-state index contributed by atoms with van der Waals surface area (Å²) < 4.78 is 10.1. The second kappa shape index (κ2) is 6.23. The lowest BCUT2D eigenvalue weighted by Gasteiger charge is -2.16. The molecule has 1 unspecified atom stereocenters. The summed E-state index contributed by atoms with van der Waals surface area (Å²) in [5.74, 6) is 0.771. The molecule has 0 aliphatic carbocycles. The van der Waals surface area contributed by atoms with Gasteiger partial charge >= 0.3 is 0 Å². The van der Waals surface area contributed by atoms with E-state index >= 15 is 0 Å². The van der Waals surface area contributed by atoms with E-state index in [1.165, 1.54) is 0 Å². The second-order valence-electron chi connectivity index (χ2n) is 3.78. The molecule has 0 amide bonds. The van der Waals surface area contributed by atoms with E-state index in [4.69, 9.17) is 15.2 Å². The molecule has 90 valence electrons. The molecular weight excluding hydrogens is 204 g/mol. The number of rotatable bonds is 6. The highest BCUT2D eigenvalue weighted by Crippen LogP contribution is 2.24. The molecule has 0 bridgehead atoms. The molecule has 0 radical (unpaired) electrons. The first-order valence-corrected chi connectivity index (χ1v) is 5.36. The molecule has 1 aromatic carbocycles. The van der Waals surface area contributed by atoms with Crippen molar-refractivity contribution in [2.24, 2.45) is 0 Å². The molecule has 3 N–H and O–H groups in total. The number of nitrogens with one attached hydrogen (secondary N) is 1. The lowest BCUT2D eigenvalue weighted by molar-refractivity contribution is 0.191. The Bertz CT molecular complexity index is 329. The molecule has 4 heteroatoms. The number of ether oxygens (including phenoxy) is 2. The van der Waals surface area contributed by atoms with Crippen molar-refractivity contribution in [1.82, 2.24) is 0 Å². The van der Waals surface area contributed by atoms with Gasteiger partial charge in [-0.05, 0) is 25.5 Å². The fourth-order valence-electron chi connectivity index (χ4n) is 1.43. The van der Waals surface area contributed by atoms with Gasteiger partial charge in [-0.1, -0.05) is 0 Å². The Kier molecular flexibility index (Phi) is 4.92. The summed E-state index contributed by atoms with van der Waals surface area (Å²) >= 11 is 0. The summed E-state index contributed by atoms with van der Waals surface area (Å²) in [5.41, 5.74) is 7.53. The van der Waals surface area contributed by atoms with Crippen molar-refractivity contribution in [1.29, 1.82) is 0 Å². The third kappa shape index (κ3) is 3.62. The van der Waals surface area contributed by atoms with Crippen LogP contribution in [0.3, 0.4) is 0 Å². The molecule has 1 aromatic rings. The molecule has 16 heavy (non-hydrogen) atoms. The number of benzene rings is 1. The van der Waals surface area contributed by atoms with E-state index in [-0.39, 0.29) is 0 Å². The molecule has 1 rings (SSSR count). The van der Waals surface area contributed by atoms with Crippen LogP contribution >= 0.6 is 0 Å². The average molecular weight is 224 g/mol. The SMILES string of the molecule is COCCC(C)Nc1ccc(OC)cc1N. The maximum Gasteiger partial charge on any atom is 0.121 e. The van der Waals surface area contributed by atoms with Gasteiger partial charge in [-0.25, -0.2) is 0 Å². The topological polar surface area (TPSA) is 56.5 Å². The zero-order valence-electron chi connectivity index (χ0n) is 10.1. The van der Waals surface area contributed by atoms with Crippen molar-refractivity contribution in [3.8, 4) is 5.75 Å². The molecule has 4 nitrogen and oxygen atoms in total. The highest BCUT2D eigenvalue weighted by Gasteiger charge is 2.05. The first-order chi connectivity index (χ1) is 7.67. The van der Waals surface area contributed by atoms with E-state index in [2.05, 4.69) is 12.2 Å². The van der Waals surface area contributed by atoms with Gasteiger partial charge in [0.05, 0.1) is 18.5 Å². The highest BCUT2D eigenvalue weighted by atomic mass is 16.5. The third-order valence-electron chi connectivity index (χ3n) is 2.42. The van der Waals surface area contributed by atoms with Crippen molar-refractivity contribution >= 4 is 11.4 Å². The molecule has 0 saturated carbocycles. The summed E-state index contributed by atoms with van der Waals surface area (Å²) in [4.78, 5) is 0. The second-order valence-corrected chi connectivity index (χ2v) is 3.78. The Balaban J connectivity index is 2.59. The zero-order chi connectivity index (χ0) is 12.0. The van der Waals surface area contributed by atoms with E-state index in [0.29, 0.717) is 11.7 Å². The minimum absolute atomic E-state index is 0.329.